The number of aldehydes is 1. The molecule has 15 heavy (non-hydrogen) atoms. The van der Waals surface area contributed by atoms with Crippen LogP contribution >= 0.6 is 0 Å². The van der Waals surface area contributed by atoms with Crippen molar-refractivity contribution in [3.8, 4) is 11.5 Å². The minimum atomic E-state index is -1.49. The Kier molecular flexibility index (Phi) is 6.09. The van der Waals surface area contributed by atoms with Gasteiger partial charge in [0.2, 0.25) is 6.36 Å². The average molecular weight is 214 g/mol. The second-order valence-corrected chi connectivity index (χ2v) is 2.51. The number of carbonyl (C=O) groups is 1. The van der Waals surface area contributed by atoms with Crippen molar-refractivity contribution >= 4 is 6.29 Å². The van der Waals surface area contributed by atoms with Gasteiger partial charge >= 0.3 is 0 Å². The summed E-state index contributed by atoms with van der Waals surface area (Å²) in [4.78, 5) is 10.3. The molecule has 0 aliphatic rings. The molecule has 1 atom stereocenters. The third-order valence-electron chi connectivity index (χ3n) is 1.41. The van der Waals surface area contributed by atoms with Gasteiger partial charge in [0.05, 0.1) is 0 Å². The van der Waals surface area contributed by atoms with Gasteiger partial charge in [-0.3, -0.25) is 4.79 Å². The number of benzene rings is 1. The molecule has 0 heterocycles. The first-order valence-electron chi connectivity index (χ1n) is 4.72. The van der Waals surface area contributed by atoms with Crippen molar-refractivity contribution in [3.05, 3.63) is 23.8 Å². The second-order valence-electron chi connectivity index (χ2n) is 2.51. The molecule has 1 rings (SSSR count). The number of carbonyl (C=O) groups excluding carboxylic acids is 1. The normalized spacial score (nSPS) is 10.9. The summed E-state index contributed by atoms with van der Waals surface area (Å²) in [6.45, 7) is 5.20. The van der Waals surface area contributed by atoms with Crippen molar-refractivity contribution in [2.24, 2.45) is 0 Å². The monoisotopic (exact) mass is 214 g/mol. The molecule has 0 radical (unpaired) electrons. The van der Waals surface area contributed by atoms with E-state index in [9.17, 15) is 14.3 Å². The molecule has 0 aromatic heterocycles. The molecule has 0 aliphatic heterocycles. The highest BCUT2D eigenvalue weighted by atomic mass is 19.1. The Hall–Kier alpha value is -1.58. The average Bonchev–Trinajstić information content (AvgIpc) is 2.23. The number of hydrogen-bond acceptors (Lipinski definition) is 3. The van der Waals surface area contributed by atoms with Gasteiger partial charge in [0.1, 0.15) is 6.29 Å². The number of phenolic OH excluding ortho intramolecular Hbond substituents is 1. The zero-order valence-corrected chi connectivity index (χ0v) is 9.03. The van der Waals surface area contributed by atoms with E-state index in [0.717, 1.165) is 0 Å². The van der Waals surface area contributed by atoms with E-state index >= 15 is 0 Å². The first-order chi connectivity index (χ1) is 7.13. The second kappa shape index (κ2) is 6.81. The molecular formula is C11H15FO3. The van der Waals surface area contributed by atoms with Crippen LogP contribution in [0.2, 0.25) is 0 Å². The lowest BCUT2D eigenvalue weighted by atomic mass is 10.2. The summed E-state index contributed by atoms with van der Waals surface area (Å²) >= 11 is 0. The first kappa shape index (κ1) is 13.4. The van der Waals surface area contributed by atoms with E-state index in [1.165, 1.54) is 25.1 Å². The Morgan fingerprint density at radius 1 is 1.47 bits per heavy atom. The minimum Gasteiger partial charge on any atom is -0.504 e. The quantitative estimate of drug-likeness (QED) is 0.787. The van der Waals surface area contributed by atoms with Crippen LogP contribution in [0.15, 0.2) is 18.2 Å². The smallest absolute Gasteiger partial charge is 0.236 e. The summed E-state index contributed by atoms with van der Waals surface area (Å²) in [6, 6.07) is 3.99. The summed E-state index contributed by atoms with van der Waals surface area (Å²) in [5.74, 6) is -0.213. The topological polar surface area (TPSA) is 46.5 Å². The number of phenols is 1. The fourth-order valence-corrected chi connectivity index (χ4v) is 0.882. The van der Waals surface area contributed by atoms with Crippen LogP contribution in [-0.2, 0) is 0 Å². The molecule has 1 aromatic carbocycles. The molecule has 0 fully saturated rings. The van der Waals surface area contributed by atoms with E-state index in [4.69, 9.17) is 0 Å². The lowest BCUT2D eigenvalue weighted by Crippen LogP contribution is -2.03. The number of rotatable bonds is 3. The summed E-state index contributed by atoms with van der Waals surface area (Å²) in [7, 11) is 0. The van der Waals surface area contributed by atoms with Crippen molar-refractivity contribution in [1.82, 2.24) is 0 Å². The van der Waals surface area contributed by atoms with Crippen LogP contribution in [0.1, 0.15) is 31.1 Å². The summed E-state index contributed by atoms with van der Waals surface area (Å²) in [6.07, 6.45) is -0.907. The van der Waals surface area contributed by atoms with E-state index in [2.05, 4.69) is 4.74 Å². The molecular weight excluding hydrogens is 199 g/mol. The van der Waals surface area contributed by atoms with Crippen LogP contribution in [0.4, 0.5) is 4.39 Å². The van der Waals surface area contributed by atoms with E-state index in [1.807, 2.05) is 13.8 Å². The van der Waals surface area contributed by atoms with Gasteiger partial charge in [0, 0.05) is 12.5 Å². The van der Waals surface area contributed by atoms with Gasteiger partial charge in [-0.05, 0) is 18.2 Å². The summed E-state index contributed by atoms with van der Waals surface area (Å²) in [5.41, 5.74) is 0.316. The van der Waals surface area contributed by atoms with Gasteiger partial charge in [-0.15, -0.1) is 0 Å². The zero-order valence-electron chi connectivity index (χ0n) is 9.03. The Bertz CT molecular complexity index is 311. The molecule has 0 amide bonds. The van der Waals surface area contributed by atoms with Crippen molar-refractivity contribution in [2.75, 3.05) is 0 Å². The van der Waals surface area contributed by atoms with Crippen molar-refractivity contribution in [3.63, 3.8) is 0 Å². The van der Waals surface area contributed by atoms with Crippen molar-refractivity contribution < 1.29 is 19.0 Å². The Morgan fingerprint density at radius 2 is 2.07 bits per heavy atom. The molecule has 3 nitrogen and oxygen atoms in total. The number of aromatic hydroxyl groups is 1. The molecule has 1 unspecified atom stereocenters. The number of halogens is 1. The Labute approximate surface area is 88.5 Å². The van der Waals surface area contributed by atoms with Gasteiger partial charge in [0.15, 0.2) is 11.5 Å². The van der Waals surface area contributed by atoms with Gasteiger partial charge in [-0.2, -0.15) is 0 Å². The third-order valence-corrected chi connectivity index (χ3v) is 1.41. The maximum absolute atomic E-state index is 12.3. The number of hydrogen-bond donors (Lipinski definition) is 1. The molecule has 4 heteroatoms. The van der Waals surface area contributed by atoms with E-state index in [1.54, 1.807) is 0 Å². The molecule has 1 N–H and O–H groups in total. The molecule has 0 spiro atoms. The summed E-state index contributed by atoms with van der Waals surface area (Å²) < 4.78 is 17.0. The van der Waals surface area contributed by atoms with Gasteiger partial charge < -0.3 is 9.84 Å². The largest absolute Gasteiger partial charge is 0.504 e. The molecule has 0 saturated carbocycles. The Morgan fingerprint density at radius 3 is 2.47 bits per heavy atom. The van der Waals surface area contributed by atoms with Crippen LogP contribution in [0.25, 0.3) is 0 Å². The van der Waals surface area contributed by atoms with E-state index < -0.39 is 6.36 Å². The highest BCUT2D eigenvalue weighted by Gasteiger charge is 2.06. The van der Waals surface area contributed by atoms with Gasteiger partial charge in [-0.1, -0.05) is 13.8 Å². The summed E-state index contributed by atoms with van der Waals surface area (Å²) in [5, 5.41) is 9.22. The maximum atomic E-state index is 12.3. The molecule has 0 bridgehead atoms. The molecule has 84 valence electrons. The highest BCUT2D eigenvalue weighted by molar-refractivity contribution is 5.76. The Balaban J connectivity index is 0.000000921. The molecule has 0 aliphatic carbocycles. The maximum Gasteiger partial charge on any atom is 0.236 e. The number of ether oxygens (including phenoxy) is 1. The minimum absolute atomic E-state index is 0.0283. The van der Waals surface area contributed by atoms with Crippen molar-refractivity contribution in [2.45, 2.75) is 27.1 Å². The van der Waals surface area contributed by atoms with Crippen LogP contribution < -0.4 is 4.74 Å². The lowest BCUT2D eigenvalue weighted by Gasteiger charge is -2.08. The van der Waals surface area contributed by atoms with Crippen LogP contribution in [-0.4, -0.2) is 17.8 Å². The highest BCUT2D eigenvalue weighted by Crippen LogP contribution is 2.27. The predicted molar refractivity (Wildman–Crippen MR) is 56.0 cm³/mol. The van der Waals surface area contributed by atoms with Crippen molar-refractivity contribution in [1.29, 1.82) is 0 Å². The zero-order chi connectivity index (χ0) is 11.8. The fraction of sp³-hybridized carbons (Fsp3) is 0.364. The first-order valence-corrected chi connectivity index (χ1v) is 4.72. The molecule has 1 aromatic rings. The predicted octanol–water partition coefficient (Wildman–Crippen LogP) is 2.93. The lowest BCUT2D eigenvalue weighted by molar-refractivity contribution is 0.0827. The SMILES string of the molecule is CC.CC(F)Oc1ccc(C=O)cc1O. The van der Waals surface area contributed by atoms with Crippen LogP contribution in [0, 0.1) is 0 Å². The standard InChI is InChI=1S/C9H9FO3.C2H6/c1-6(10)13-9-3-2-7(5-11)4-8(9)12;1-2/h2-6,12H,1H3;1-2H3. The van der Waals surface area contributed by atoms with Gasteiger partial charge in [0.25, 0.3) is 0 Å². The van der Waals surface area contributed by atoms with Crippen LogP contribution in [0.3, 0.4) is 0 Å². The number of alkyl halides is 1. The fourth-order valence-electron chi connectivity index (χ4n) is 0.882. The van der Waals surface area contributed by atoms with E-state index in [-0.39, 0.29) is 11.5 Å². The van der Waals surface area contributed by atoms with Crippen LogP contribution in [0.5, 0.6) is 11.5 Å². The van der Waals surface area contributed by atoms with E-state index in [0.29, 0.717) is 11.8 Å². The van der Waals surface area contributed by atoms with Gasteiger partial charge in [-0.25, -0.2) is 4.39 Å². The molecule has 0 saturated heterocycles. The third kappa shape index (κ3) is 4.44.